The van der Waals surface area contributed by atoms with Gasteiger partial charge in [0.1, 0.15) is 0 Å². The first-order valence-corrected chi connectivity index (χ1v) is 9.83. The van der Waals surface area contributed by atoms with E-state index in [2.05, 4.69) is 52.7 Å². The summed E-state index contributed by atoms with van der Waals surface area (Å²) in [4.78, 5) is 14.9. The third-order valence-electron chi connectivity index (χ3n) is 6.60. The molecule has 5 rings (SSSR count). The van der Waals surface area contributed by atoms with Gasteiger partial charge in [0.15, 0.2) is 0 Å². The topological polar surface area (TPSA) is 41.6 Å². The first-order valence-electron chi connectivity index (χ1n) is 9.83. The van der Waals surface area contributed by atoms with E-state index >= 15 is 0 Å². The Morgan fingerprint density at radius 2 is 1.85 bits per heavy atom. The van der Waals surface area contributed by atoms with Crippen LogP contribution in [0.2, 0.25) is 0 Å². The van der Waals surface area contributed by atoms with Crippen LogP contribution in [0, 0.1) is 5.92 Å². The zero-order chi connectivity index (χ0) is 17.6. The number of carbonyl (C=O) groups is 1. The van der Waals surface area contributed by atoms with E-state index in [0.717, 1.165) is 45.4 Å². The van der Waals surface area contributed by atoms with Crippen molar-refractivity contribution in [3.63, 3.8) is 0 Å². The van der Waals surface area contributed by atoms with Gasteiger partial charge in [-0.15, -0.1) is 0 Å². The van der Waals surface area contributed by atoms with Crippen molar-refractivity contribution in [2.24, 2.45) is 5.92 Å². The SMILES string of the molecule is O=C([C@H]1C[C@]2(COCN2)C1)N1CCC(c2ccc3ccccc3c2)CC1. The summed E-state index contributed by atoms with van der Waals surface area (Å²) in [5.74, 6) is 1.13. The predicted octanol–water partition coefficient (Wildman–Crippen LogP) is 3.27. The van der Waals surface area contributed by atoms with E-state index in [0.29, 0.717) is 18.6 Å². The van der Waals surface area contributed by atoms with Crippen LogP contribution in [-0.2, 0) is 9.53 Å². The van der Waals surface area contributed by atoms with Crippen LogP contribution in [0.3, 0.4) is 0 Å². The molecule has 1 saturated carbocycles. The number of amides is 1. The highest BCUT2D eigenvalue weighted by Crippen LogP contribution is 2.41. The van der Waals surface area contributed by atoms with E-state index in [4.69, 9.17) is 4.74 Å². The van der Waals surface area contributed by atoms with Gasteiger partial charge in [0.2, 0.25) is 5.91 Å². The number of carbonyl (C=O) groups excluding carboxylic acids is 1. The largest absolute Gasteiger partial charge is 0.364 e. The maximum atomic E-state index is 12.8. The van der Waals surface area contributed by atoms with Gasteiger partial charge in [-0.1, -0.05) is 42.5 Å². The molecule has 4 nitrogen and oxygen atoms in total. The smallest absolute Gasteiger partial charge is 0.225 e. The van der Waals surface area contributed by atoms with Crippen molar-refractivity contribution in [1.82, 2.24) is 10.2 Å². The minimum atomic E-state index is 0.101. The molecular formula is C22H26N2O2. The monoisotopic (exact) mass is 350 g/mol. The number of rotatable bonds is 2. The molecule has 1 spiro atoms. The summed E-state index contributed by atoms with van der Waals surface area (Å²) in [5.41, 5.74) is 1.52. The number of ether oxygens (including phenoxy) is 1. The van der Waals surface area contributed by atoms with Crippen molar-refractivity contribution in [2.75, 3.05) is 26.4 Å². The molecule has 1 amide bonds. The molecule has 1 aliphatic carbocycles. The number of likely N-dealkylation sites (tertiary alicyclic amines) is 1. The normalized spacial score (nSPS) is 29.2. The molecule has 0 radical (unpaired) electrons. The molecule has 1 N–H and O–H groups in total. The molecule has 3 fully saturated rings. The standard InChI is InChI=1S/C22H26N2O2/c25-21(20-12-22(13-20)14-26-15-23-22)24-9-7-17(8-10-24)19-6-5-16-3-1-2-4-18(16)11-19/h1-6,11,17,20,23H,7-10,12-15H2/t20-,22+. The van der Waals surface area contributed by atoms with Crippen LogP contribution in [0.25, 0.3) is 10.8 Å². The fourth-order valence-corrected chi connectivity index (χ4v) is 4.98. The molecule has 0 bridgehead atoms. The Bertz CT molecular complexity index is 812. The molecule has 136 valence electrons. The van der Waals surface area contributed by atoms with Crippen LogP contribution < -0.4 is 5.32 Å². The number of fused-ring (bicyclic) bond motifs is 1. The first-order chi connectivity index (χ1) is 12.7. The highest BCUT2D eigenvalue weighted by atomic mass is 16.5. The Hall–Kier alpha value is -1.91. The van der Waals surface area contributed by atoms with Gasteiger partial charge in [-0.2, -0.15) is 0 Å². The first kappa shape index (κ1) is 16.3. The molecule has 2 saturated heterocycles. The second kappa shape index (κ2) is 6.36. The van der Waals surface area contributed by atoms with Crippen LogP contribution in [0.1, 0.15) is 37.2 Å². The highest BCUT2D eigenvalue weighted by molar-refractivity contribution is 5.83. The molecule has 4 heteroatoms. The van der Waals surface area contributed by atoms with E-state index < -0.39 is 0 Å². The van der Waals surface area contributed by atoms with Crippen molar-refractivity contribution in [2.45, 2.75) is 37.1 Å². The second-order valence-corrected chi connectivity index (χ2v) is 8.26. The van der Waals surface area contributed by atoms with Crippen molar-refractivity contribution in [3.8, 4) is 0 Å². The Kier molecular flexibility index (Phi) is 3.98. The van der Waals surface area contributed by atoms with Gasteiger partial charge in [-0.25, -0.2) is 0 Å². The minimum absolute atomic E-state index is 0.101. The summed E-state index contributed by atoms with van der Waals surface area (Å²) in [6, 6.07) is 15.4. The fourth-order valence-electron chi connectivity index (χ4n) is 4.98. The fraction of sp³-hybridized carbons (Fsp3) is 0.500. The lowest BCUT2D eigenvalue weighted by Crippen LogP contribution is -2.58. The van der Waals surface area contributed by atoms with Crippen LogP contribution in [0.4, 0.5) is 0 Å². The van der Waals surface area contributed by atoms with Gasteiger partial charge in [-0.05, 0) is 47.9 Å². The number of piperidine rings is 1. The zero-order valence-electron chi connectivity index (χ0n) is 15.1. The van der Waals surface area contributed by atoms with Gasteiger partial charge < -0.3 is 9.64 Å². The van der Waals surface area contributed by atoms with E-state index in [1.54, 1.807) is 0 Å². The third-order valence-corrected chi connectivity index (χ3v) is 6.60. The summed E-state index contributed by atoms with van der Waals surface area (Å²) in [7, 11) is 0. The summed E-state index contributed by atoms with van der Waals surface area (Å²) >= 11 is 0. The zero-order valence-corrected chi connectivity index (χ0v) is 15.1. The maximum absolute atomic E-state index is 12.8. The van der Waals surface area contributed by atoms with Gasteiger partial charge in [0.05, 0.1) is 13.3 Å². The van der Waals surface area contributed by atoms with Crippen LogP contribution in [0.15, 0.2) is 42.5 Å². The molecule has 26 heavy (non-hydrogen) atoms. The quantitative estimate of drug-likeness (QED) is 0.904. The average Bonchev–Trinajstić information content (AvgIpc) is 3.16. The Morgan fingerprint density at radius 1 is 1.08 bits per heavy atom. The van der Waals surface area contributed by atoms with Gasteiger partial charge in [0.25, 0.3) is 0 Å². The lowest BCUT2D eigenvalue weighted by atomic mass is 9.68. The molecule has 2 heterocycles. The number of hydrogen-bond donors (Lipinski definition) is 1. The van der Waals surface area contributed by atoms with E-state index in [1.165, 1.54) is 16.3 Å². The summed E-state index contributed by atoms with van der Waals surface area (Å²) in [6.07, 6.45) is 4.03. The summed E-state index contributed by atoms with van der Waals surface area (Å²) in [5, 5.41) is 6.02. The number of benzene rings is 2. The molecule has 0 atom stereocenters. The van der Waals surface area contributed by atoms with Crippen LogP contribution in [0.5, 0.6) is 0 Å². The van der Waals surface area contributed by atoms with Gasteiger partial charge >= 0.3 is 0 Å². The Morgan fingerprint density at radius 3 is 2.58 bits per heavy atom. The number of nitrogens with one attached hydrogen (secondary N) is 1. The minimum Gasteiger partial charge on any atom is -0.364 e. The maximum Gasteiger partial charge on any atom is 0.225 e. The number of nitrogens with zero attached hydrogens (tertiary/aromatic N) is 1. The molecule has 0 aromatic heterocycles. The molecular weight excluding hydrogens is 324 g/mol. The van der Waals surface area contributed by atoms with Crippen molar-refractivity contribution >= 4 is 16.7 Å². The predicted molar refractivity (Wildman–Crippen MR) is 102 cm³/mol. The van der Waals surface area contributed by atoms with Gasteiger partial charge in [0, 0.05) is 24.5 Å². The molecule has 2 aromatic carbocycles. The lowest BCUT2D eigenvalue weighted by molar-refractivity contribution is -0.142. The summed E-state index contributed by atoms with van der Waals surface area (Å²) in [6.45, 7) is 3.19. The van der Waals surface area contributed by atoms with E-state index in [1.807, 2.05) is 0 Å². The van der Waals surface area contributed by atoms with Crippen LogP contribution >= 0.6 is 0 Å². The summed E-state index contributed by atoms with van der Waals surface area (Å²) < 4.78 is 5.43. The molecule has 0 unspecified atom stereocenters. The third kappa shape index (κ3) is 2.81. The molecule has 3 aliphatic rings. The van der Waals surface area contributed by atoms with E-state index in [-0.39, 0.29) is 11.5 Å². The Balaban J connectivity index is 1.20. The second-order valence-electron chi connectivity index (χ2n) is 8.26. The van der Waals surface area contributed by atoms with Crippen molar-refractivity contribution in [3.05, 3.63) is 48.0 Å². The highest BCUT2D eigenvalue weighted by Gasteiger charge is 2.50. The van der Waals surface area contributed by atoms with Crippen LogP contribution in [-0.4, -0.2) is 42.8 Å². The average molecular weight is 350 g/mol. The van der Waals surface area contributed by atoms with Gasteiger partial charge in [-0.3, -0.25) is 10.1 Å². The Labute approximate surface area is 154 Å². The number of hydrogen-bond acceptors (Lipinski definition) is 3. The molecule has 2 aliphatic heterocycles. The van der Waals surface area contributed by atoms with Crippen molar-refractivity contribution < 1.29 is 9.53 Å². The lowest BCUT2D eigenvalue weighted by Gasteiger charge is -2.45. The van der Waals surface area contributed by atoms with E-state index in [9.17, 15) is 4.79 Å². The van der Waals surface area contributed by atoms with Crippen molar-refractivity contribution in [1.29, 1.82) is 0 Å². The molecule has 2 aromatic rings.